The number of carbonyl (C=O) groups excluding carboxylic acids is 1. The van der Waals surface area contributed by atoms with Gasteiger partial charge < -0.3 is 9.47 Å². The van der Waals surface area contributed by atoms with E-state index in [1.807, 2.05) is 60.7 Å². The van der Waals surface area contributed by atoms with Gasteiger partial charge in [0, 0.05) is 0 Å². The summed E-state index contributed by atoms with van der Waals surface area (Å²) < 4.78 is 12.9. The summed E-state index contributed by atoms with van der Waals surface area (Å²) in [6.07, 6.45) is 1.82. The molecular formula is C25H20BrNO3S2. The van der Waals surface area contributed by atoms with Crippen LogP contribution in [0.3, 0.4) is 0 Å². The molecule has 0 aliphatic carbocycles. The molecule has 0 atom stereocenters. The van der Waals surface area contributed by atoms with Gasteiger partial charge in [0.05, 0.1) is 22.2 Å². The second kappa shape index (κ2) is 9.90. The van der Waals surface area contributed by atoms with Crippen LogP contribution in [0.4, 0.5) is 5.69 Å². The highest BCUT2D eigenvalue weighted by Gasteiger charge is 2.33. The fraction of sp³-hybridized carbons (Fsp3) is 0.120. The Morgan fingerprint density at radius 2 is 1.88 bits per heavy atom. The molecule has 0 saturated carbocycles. The topological polar surface area (TPSA) is 38.8 Å². The molecule has 4 rings (SSSR count). The molecule has 32 heavy (non-hydrogen) atoms. The van der Waals surface area contributed by atoms with Crippen LogP contribution in [0.1, 0.15) is 16.7 Å². The number of anilines is 1. The van der Waals surface area contributed by atoms with Crippen molar-refractivity contribution in [1.29, 1.82) is 0 Å². The van der Waals surface area contributed by atoms with E-state index >= 15 is 0 Å². The van der Waals surface area contributed by atoms with Gasteiger partial charge in [-0.3, -0.25) is 9.69 Å². The van der Waals surface area contributed by atoms with E-state index < -0.39 is 0 Å². The SMILES string of the molecule is COc1cc(/C=C2/SC(=S)N(c3ccccc3)C2=O)cc(Br)c1OCc1cccc(C)c1. The minimum absolute atomic E-state index is 0.138. The van der Waals surface area contributed by atoms with Gasteiger partial charge in [0.15, 0.2) is 15.8 Å². The van der Waals surface area contributed by atoms with Crippen molar-refractivity contribution in [3.05, 3.63) is 92.8 Å². The van der Waals surface area contributed by atoms with Gasteiger partial charge in [-0.05, 0) is 64.3 Å². The molecule has 3 aromatic carbocycles. The summed E-state index contributed by atoms with van der Waals surface area (Å²) in [6, 6.07) is 21.3. The van der Waals surface area contributed by atoms with E-state index in [4.69, 9.17) is 21.7 Å². The lowest BCUT2D eigenvalue weighted by Gasteiger charge is -2.14. The molecule has 1 aliphatic heterocycles. The first kappa shape index (κ1) is 22.6. The number of hydrogen-bond donors (Lipinski definition) is 0. The lowest BCUT2D eigenvalue weighted by Crippen LogP contribution is -2.27. The van der Waals surface area contributed by atoms with Crippen molar-refractivity contribution in [3.63, 3.8) is 0 Å². The van der Waals surface area contributed by atoms with Crippen LogP contribution in [0.5, 0.6) is 11.5 Å². The predicted molar refractivity (Wildman–Crippen MR) is 138 cm³/mol. The lowest BCUT2D eigenvalue weighted by atomic mass is 10.1. The maximum atomic E-state index is 13.0. The zero-order valence-corrected chi connectivity index (χ0v) is 20.7. The number of amides is 1. The Morgan fingerprint density at radius 3 is 2.59 bits per heavy atom. The van der Waals surface area contributed by atoms with Gasteiger partial charge in [0.25, 0.3) is 5.91 Å². The molecule has 1 heterocycles. The van der Waals surface area contributed by atoms with Crippen molar-refractivity contribution in [1.82, 2.24) is 0 Å². The van der Waals surface area contributed by atoms with E-state index in [1.165, 1.54) is 17.3 Å². The Hall–Kier alpha value is -2.61. The number of nitrogens with zero attached hydrogens (tertiary/aromatic N) is 1. The quantitative estimate of drug-likeness (QED) is 0.263. The monoisotopic (exact) mass is 525 g/mol. The van der Waals surface area contributed by atoms with Gasteiger partial charge >= 0.3 is 0 Å². The van der Waals surface area contributed by atoms with Crippen LogP contribution in [0.2, 0.25) is 0 Å². The number of thioether (sulfide) groups is 1. The zero-order valence-electron chi connectivity index (χ0n) is 17.5. The molecule has 4 nitrogen and oxygen atoms in total. The molecular weight excluding hydrogens is 506 g/mol. The Balaban J connectivity index is 1.58. The van der Waals surface area contributed by atoms with E-state index in [1.54, 1.807) is 12.0 Å². The highest BCUT2D eigenvalue weighted by molar-refractivity contribution is 9.10. The fourth-order valence-corrected chi connectivity index (χ4v) is 5.21. The average Bonchev–Trinajstić information content (AvgIpc) is 3.06. The van der Waals surface area contributed by atoms with Crippen molar-refractivity contribution < 1.29 is 14.3 Å². The molecule has 1 aliphatic rings. The first-order chi connectivity index (χ1) is 15.5. The van der Waals surface area contributed by atoms with Gasteiger partial charge in [-0.1, -0.05) is 72.0 Å². The third-order valence-corrected chi connectivity index (χ3v) is 6.71. The number of ether oxygens (including phenoxy) is 2. The molecule has 0 spiro atoms. The number of para-hydroxylation sites is 1. The number of halogens is 1. The summed E-state index contributed by atoms with van der Waals surface area (Å²) in [6.45, 7) is 2.47. The van der Waals surface area contributed by atoms with Crippen LogP contribution in [-0.2, 0) is 11.4 Å². The van der Waals surface area contributed by atoms with Gasteiger partial charge in [-0.25, -0.2) is 0 Å². The fourth-order valence-electron chi connectivity index (χ4n) is 3.34. The van der Waals surface area contributed by atoms with E-state index in [2.05, 4.69) is 35.0 Å². The van der Waals surface area contributed by atoms with E-state index in [0.29, 0.717) is 27.3 Å². The molecule has 3 aromatic rings. The summed E-state index contributed by atoms with van der Waals surface area (Å²) in [5.41, 5.74) is 3.83. The largest absolute Gasteiger partial charge is 0.493 e. The van der Waals surface area contributed by atoms with Crippen molar-refractivity contribution in [3.8, 4) is 11.5 Å². The molecule has 1 amide bonds. The summed E-state index contributed by atoms with van der Waals surface area (Å²) in [4.78, 5) is 15.1. The molecule has 162 valence electrons. The number of thiocarbonyl (C=S) groups is 1. The highest BCUT2D eigenvalue weighted by atomic mass is 79.9. The Kier molecular flexibility index (Phi) is 6.98. The second-order valence-electron chi connectivity index (χ2n) is 7.16. The number of hydrogen-bond acceptors (Lipinski definition) is 5. The molecule has 0 aromatic heterocycles. The summed E-state index contributed by atoms with van der Waals surface area (Å²) in [5, 5.41) is 0. The van der Waals surface area contributed by atoms with E-state index in [9.17, 15) is 4.79 Å². The van der Waals surface area contributed by atoms with Gasteiger partial charge in [-0.15, -0.1) is 0 Å². The summed E-state index contributed by atoms with van der Waals surface area (Å²) >= 11 is 10.3. The average molecular weight is 526 g/mol. The molecule has 1 fully saturated rings. The van der Waals surface area contributed by atoms with E-state index in [0.717, 1.165) is 21.3 Å². The van der Waals surface area contributed by atoms with E-state index in [-0.39, 0.29) is 5.91 Å². The third-order valence-electron chi connectivity index (χ3n) is 4.82. The number of benzene rings is 3. The molecule has 0 bridgehead atoms. The standard InChI is InChI=1S/C25H20BrNO3S2/c1-16-7-6-8-17(11-16)15-30-23-20(26)12-18(13-21(23)29-2)14-22-24(28)27(25(31)32-22)19-9-4-3-5-10-19/h3-14H,15H2,1-2H3/b22-14+. The smallest absolute Gasteiger partial charge is 0.270 e. The van der Waals surface area contributed by atoms with Crippen LogP contribution < -0.4 is 14.4 Å². The summed E-state index contributed by atoms with van der Waals surface area (Å²) in [7, 11) is 1.60. The number of carbonyl (C=O) groups is 1. The van der Waals surface area contributed by atoms with Gasteiger partial charge in [0.2, 0.25) is 0 Å². The van der Waals surface area contributed by atoms with Crippen LogP contribution in [0.15, 0.2) is 76.1 Å². The number of methoxy groups -OCH3 is 1. The molecule has 0 radical (unpaired) electrons. The normalized spacial score (nSPS) is 14.8. The van der Waals surface area contributed by atoms with Crippen molar-refractivity contribution in [2.45, 2.75) is 13.5 Å². The highest BCUT2D eigenvalue weighted by Crippen LogP contribution is 2.40. The lowest BCUT2D eigenvalue weighted by molar-refractivity contribution is -0.113. The Labute approximate surface area is 205 Å². The molecule has 7 heteroatoms. The van der Waals surface area contributed by atoms with Gasteiger partial charge in [0.1, 0.15) is 6.61 Å². The van der Waals surface area contributed by atoms with Crippen LogP contribution in [0.25, 0.3) is 6.08 Å². The summed E-state index contributed by atoms with van der Waals surface area (Å²) in [5.74, 6) is 1.06. The van der Waals surface area contributed by atoms with Crippen LogP contribution in [-0.4, -0.2) is 17.3 Å². The maximum absolute atomic E-state index is 13.0. The first-order valence-electron chi connectivity index (χ1n) is 9.85. The minimum Gasteiger partial charge on any atom is -0.493 e. The van der Waals surface area contributed by atoms with Crippen LogP contribution in [0, 0.1) is 6.92 Å². The minimum atomic E-state index is -0.138. The number of rotatable bonds is 6. The zero-order chi connectivity index (χ0) is 22.7. The maximum Gasteiger partial charge on any atom is 0.270 e. The Morgan fingerprint density at radius 1 is 1.09 bits per heavy atom. The third kappa shape index (κ3) is 4.90. The number of aryl methyl sites for hydroxylation is 1. The molecule has 1 saturated heterocycles. The second-order valence-corrected chi connectivity index (χ2v) is 9.69. The van der Waals surface area contributed by atoms with Crippen molar-refractivity contribution in [2.75, 3.05) is 12.0 Å². The predicted octanol–water partition coefficient (Wildman–Crippen LogP) is 6.75. The van der Waals surface area contributed by atoms with Crippen molar-refractivity contribution in [2.24, 2.45) is 0 Å². The molecule has 0 N–H and O–H groups in total. The van der Waals surface area contributed by atoms with Crippen molar-refractivity contribution >= 4 is 61.9 Å². The van der Waals surface area contributed by atoms with Gasteiger partial charge in [-0.2, -0.15) is 0 Å². The van der Waals surface area contributed by atoms with Crippen LogP contribution >= 0.6 is 39.9 Å². The first-order valence-corrected chi connectivity index (χ1v) is 11.9. The molecule has 0 unspecified atom stereocenters. The Bertz CT molecular complexity index is 1210.